The number of carbonyl (C=O) groups is 1. The van der Waals surface area contributed by atoms with Gasteiger partial charge in [-0.25, -0.2) is 0 Å². The van der Waals surface area contributed by atoms with Gasteiger partial charge in [-0.2, -0.15) is 0 Å². The van der Waals surface area contributed by atoms with E-state index < -0.39 is 5.60 Å². The van der Waals surface area contributed by atoms with Crippen molar-refractivity contribution >= 4 is 5.97 Å². The Hall–Kier alpha value is -0.570. The molecule has 0 aromatic heterocycles. The summed E-state index contributed by atoms with van der Waals surface area (Å²) in [6.07, 6.45) is 1.45. The fraction of sp³-hybridized carbons (Fsp3) is 0.900. The van der Waals surface area contributed by atoms with Crippen LogP contribution in [-0.2, 0) is 9.53 Å². The molecule has 13 heavy (non-hydrogen) atoms. The van der Waals surface area contributed by atoms with Crippen LogP contribution in [0.1, 0.15) is 33.6 Å². The van der Waals surface area contributed by atoms with Crippen LogP contribution in [0.25, 0.3) is 0 Å². The van der Waals surface area contributed by atoms with Crippen LogP contribution < -0.4 is 0 Å². The maximum Gasteiger partial charge on any atom is 0.312 e. The van der Waals surface area contributed by atoms with Crippen molar-refractivity contribution in [2.24, 2.45) is 11.3 Å². The van der Waals surface area contributed by atoms with Gasteiger partial charge in [0.05, 0.1) is 11.5 Å². The molecule has 0 aromatic rings. The Morgan fingerprint density at radius 1 is 1.46 bits per heavy atom. The average Bonchev–Trinajstić information content (AvgIpc) is 2.06. The highest BCUT2D eigenvalue weighted by Crippen LogP contribution is 2.52. The first-order chi connectivity index (χ1) is 5.86. The van der Waals surface area contributed by atoms with Gasteiger partial charge in [-0.05, 0) is 19.8 Å². The summed E-state index contributed by atoms with van der Waals surface area (Å²) in [5, 5.41) is 10.1. The Labute approximate surface area is 78.1 Å². The second kappa shape index (κ2) is 2.27. The molecule has 1 heterocycles. The molecule has 2 rings (SSSR count). The van der Waals surface area contributed by atoms with Crippen molar-refractivity contribution in [3.8, 4) is 0 Å². The van der Waals surface area contributed by atoms with Gasteiger partial charge in [-0.15, -0.1) is 0 Å². The second-order valence-corrected chi connectivity index (χ2v) is 5.08. The molecule has 1 N–H and O–H groups in total. The van der Waals surface area contributed by atoms with E-state index in [9.17, 15) is 9.90 Å². The number of aliphatic hydroxyl groups is 1. The molecule has 2 bridgehead atoms. The van der Waals surface area contributed by atoms with Crippen LogP contribution in [0, 0.1) is 11.3 Å². The van der Waals surface area contributed by atoms with E-state index in [1.54, 1.807) is 6.92 Å². The number of ether oxygens (including phenoxy) is 1. The van der Waals surface area contributed by atoms with Crippen molar-refractivity contribution in [3.63, 3.8) is 0 Å². The van der Waals surface area contributed by atoms with Gasteiger partial charge in [-0.3, -0.25) is 4.79 Å². The highest BCUT2D eigenvalue weighted by Gasteiger charge is 2.61. The molecule has 1 saturated carbocycles. The second-order valence-electron chi connectivity index (χ2n) is 5.08. The zero-order valence-corrected chi connectivity index (χ0v) is 8.33. The number of hydrogen-bond donors (Lipinski definition) is 1. The van der Waals surface area contributed by atoms with Crippen LogP contribution in [0.2, 0.25) is 0 Å². The zero-order chi connectivity index (χ0) is 9.85. The minimum Gasteiger partial charge on any atom is -0.461 e. The Balaban J connectivity index is 2.42. The summed E-state index contributed by atoms with van der Waals surface area (Å²) in [5.41, 5.74) is -1.09. The molecule has 1 aliphatic carbocycles. The largest absolute Gasteiger partial charge is 0.461 e. The smallest absolute Gasteiger partial charge is 0.312 e. The predicted molar refractivity (Wildman–Crippen MR) is 47.0 cm³/mol. The van der Waals surface area contributed by atoms with E-state index in [1.165, 1.54) is 0 Å². The van der Waals surface area contributed by atoms with E-state index in [0.717, 1.165) is 6.42 Å². The van der Waals surface area contributed by atoms with E-state index in [4.69, 9.17) is 4.74 Å². The molecule has 3 nitrogen and oxygen atoms in total. The third-order valence-electron chi connectivity index (χ3n) is 3.60. The van der Waals surface area contributed by atoms with Gasteiger partial charge < -0.3 is 9.84 Å². The lowest BCUT2D eigenvalue weighted by atomic mass is 9.62. The fourth-order valence-corrected chi connectivity index (χ4v) is 2.90. The van der Waals surface area contributed by atoms with Crippen molar-refractivity contribution in [1.29, 1.82) is 0 Å². The lowest BCUT2D eigenvalue weighted by Gasteiger charge is -2.42. The Morgan fingerprint density at radius 2 is 2.08 bits per heavy atom. The molecule has 2 aliphatic rings. The Morgan fingerprint density at radius 3 is 2.62 bits per heavy atom. The molecule has 1 saturated heterocycles. The molecule has 0 unspecified atom stereocenters. The number of fused-ring (bicyclic) bond motifs is 2. The van der Waals surface area contributed by atoms with Crippen LogP contribution in [0.3, 0.4) is 0 Å². The van der Waals surface area contributed by atoms with Crippen molar-refractivity contribution in [2.45, 2.75) is 45.3 Å². The van der Waals surface area contributed by atoms with Gasteiger partial charge in [0.1, 0.15) is 6.10 Å². The van der Waals surface area contributed by atoms with Crippen molar-refractivity contribution in [3.05, 3.63) is 0 Å². The Kier molecular flexibility index (Phi) is 1.57. The topological polar surface area (TPSA) is 46.5 Å². The molecule has 0 amide bonds. The van der Waals surface area contributed by atoms with Gasteiger partial charge in [0.15, 0.2) is 0 Å². The van der Waals surface area contributed by atoms with E-state index in [-0.39, 0.29) is 23.4 Å². The van der Waals surface area contributed by atoms with Gasteiger partial charge in [0.2, 0.25) is 0 Å². The highest BCUT2D eigenvalue weighted by molar-refractivity contribution is 5.78. The standard InChI is InChI=1S/C10H16O3/c1-9(2)6-4-5-10(3,12)7(9)8(11)13-6/h6-7,12H,4-5H2,1-3H3/t6-,7-,10-/m1/s1. The minimum absolute atomic E-state index is 0.00484. The zero-order valence-electron chi connectivity index (χ0n) is 8.33. The third-order valence-corrected chi connectivity index (χ3v) is 3.60. The van der Waals surface area contributed by atoms with Crippen LogP contribution in [0.4, 0.5) is 0 Å². The van der Waals surface area contributed by atoms with E-state index in [0.29, 0.717) is 6.42 Å². The SMILES string of the molecule is CC1(C)[C@H]2C(=O)O[C@@H]1CC[C@@]2(C)O. The third kappa shape index (κ3) is 1.03. The predicted octanol–water partition coefficient (Wildman–Crippen LogP) is 1.10. The Bertz CT molecular complexity index is 255. The minimum atomic E-state index is -0.881. The lowest BCUT2D eigenvalue weighted by Crippen LogP contribution is -2.50. The highest BCUT2D eigenvalue weighted by atomic mass is 16.6. The van der Waals surface area contributed by atoms with Gasteiger partial charge in [-0.1, -0.05) is 13.8 Å². The maximum absolute atomic E-state index is 11.5. The van der Waals surface area contributed by atoms with Crippen LogP contribution in [-0.4, -0.2) is 22.8 Å². The van der Waals surface area contributed by atoms with Gasteiger partial charge >= 0.3 is 5.97 Å². The van der Waals surface area contributed by atoms with Crippen LogP contribution >= 0.6 is 0 Å². The summed E-state index contributed by atoms with van der Waals surface area (Å²) < 4.78 is 5.24. The summed E-state index contributed by atoms with van der Waals surface area (Å²) >= 11 is 0. The fourth-order valence-electron chi connectivity index (χ4n) is 2.90. The van der Waals surface area contributed by atoms with Crippen LogP contribution in [0.5, 0.6) is 0 Å². The lowest BCUT2D eigenvalue weighted by molar-refractivity contribution is -0.147. The van der Waals surface area contributed by atoms with E-state index in [1.807, 2.05) is 13.8 Å². The molecule has 3 heteroatoms. The summed E-state index contributed by atoms with van der Waals surface area (Å²) in [4.78, 5) is 11.5. The number of esters is 1. The average molecular weight is 184 g/mol. The summed E-state index contributed by atoms with van der Waals surface area (Å²) in [6.45, 7) is 5.74. The monoisotopic (exact) mass is 184 g/mol. The van der Waals surface area contributed by atoms with Crippen molar-refractivity contribution in [1.82, 2.24) is 0 Å². The molecule has 0 spiro atoms. The number of carbonyl (C=O) groups excluding carboxylic acids is 1. The van der Waals surface area contributed by atoms with E-state index in [2.05, 4.69) is 0 Å². The molecule has 2 fully saturated rings. The maximum atomic E-state index is 11.5. The van der Waals surface area contributed by atoms with Crippen LogP contribution in [0.15, 0.2) is 0 Å². The first kappa shape index (κ1) is 9.00. The summed E-state index contributed by atoms with van der Waals surface area (Å²) in [5.74, 6) is -0.573. The molecule has 3 atom stereocenters. The molecular formula is C10H16O3. The number of rotatable bonds is 0. The first-order valence-corrected chi connectivity index (χ1v) is 4.78. The quantitative estimate of drug-likeness (QED) is 0.573. The number of hydrogen-bond acceptors (Lipinski definition) is 3. The molecular weight excluding hydrogens is 168 g/mol. The first-order valence-electron chi connectivity index (χ1n) is 4.78. The van der Waals surface area contributed by atoms with Crippen molar-refractivity contribution in [2.75, 3.05) is 0 Å². The molecule has 1 aliphatic heterocycles. The van der Waals surface area contributed by atoms with E-state index >= 15 is 0 Å². The summed E-state index contributed by atoms with van der Waals surface area (Å²) in [6, 6.07) is 0. The molecule has 0 aromatic carbocycles. The van der Waals surface area contributed by atoms with Gasteiger partial charge in [0.25, 0.3) is 0 Å². The normalized spacial score (nSPS) is 47.5. The molecule has 0 radical (unpaired) electrons. The summed E-state index contributed by atoms with van der Waals surface area (Å²) in [7, 11) is 0. The van der Waals surface area contributed by atoms with Gasteiger partial charge in [0, 0.05) is 5.41 Å². The molecule has 74 valence electrons. The van der Waals surface area contributed by atoms with Crippen molar-refractivity contribution < 1.29 is 14.6 Å².